The minimum Gasteiger partial charge on any atom is -0.360 e. The Kier molecular flexibility index (Phi) is 8.82. The van der Waals surface area contributed by atoms with Crippen LogP contribution in [0.4, 0.5) is 0 Å². The van der Waals surface area contributed by atoms with E-state index in [0.29, 0.717) is 0 Å². The number of rotatable bonds is 12. The number of aromatic nitrogens is 3. The van der Waals surface area contributed by atoms with Gasteiger partial charge in [-0.25, -0.2) is 4.98 Å². The zero-order valence-corrected chi connectivity index (χ0v) is 18.1. The van der Waals surface area contributed by atoms with Gasteiger partial charge in [0.25, 0.3) is 0 Å². The summed E-state index contributed by atoms with van der Waals surface area (Å²) >= 11 is 0. The number of nitrogens with one attached hydrogen (secondary N) is 1. The van der Waals surface area contributed by atoms with Gasteiger partial charge in [-0.2, -0.15) is 0 Å². The minimum absolute atomic E-state index is 0.0113. The summed E-state index contributed by atoms with van der Waals surface area (Å²) in [6.07, 6.45) is 16.2. The van der Waals surface area contributed by atoms with Crippen LogP contribution in [0.15, 0.2) is 59.7 Å². The van der Waals surface area contributed by atoms with Gasteiger partial charge in [-0.05, 0) is 36.6 Å². The lowest BCUT2D eigenvalue weighted by Crippen LogP contribution is -2.03. The highest BCUT2D eigenvalue weighted by molar-refractivity contribution is 5.64. The molecule has 0 aliphatic rings. The minimum atomic E-state index is -0.0113. The highest BCUT2D eigenvalue weighted by Gasteiger charge is 2.11. The first-order valence-electron chi connectivity index (χ1n) is 11.4. The van der Waals surface area contributed by atoms with Gasteiger partial charge in [-0.15, -0.1) is 0 Å². The monoisotopic (exact) mass is 403 g/mol. The van der Waals surface area contributed by atoms with Crippen LogP contribution in [0.3, 0.4) is 0 Å². The predicted octanol–water partition coefficient (Wildman–Crippen LogP) is 6.57. The third kappa shape index (κ3) is 6.65. The normalized spacial score (nSPS) is 11.0. The third-order valence-corrected chi connectivity index (χ3v) is 5.48. The summed E-state index contributed by atoms with van der Waals surface area (Å²) in [7, 11) is 0. The summed E-state index contributed by atoms with van der Waals surface area (Å²) in [5.41, 5.74) is 4.46. The molecule has 0 amide bonds. The van der Waals surface area contributed by atoms with Crippen molar-refractivity contribution in [2.45, 2.75) is 71.1 Å². The summed E-state index contributed by atoms with van der Waals surface area (Å²) in [5.74, 6) is 0. The van der Waals surface area contributed by atoms with Crippen molar-refractivity contribution in [3.8, 4) is 22.8 Å². The van der Waals surface area contributed by atoms with E-state index in [2.05, 4.69) is 23.0 Å². The average Bonchev–Trinajstić information content (AvgIpc) is 2.78. The first-order chi connectivity index (χ1) is 14.8. The number of aromatic amines is 1. The Morgan fingerprint density at radius 1 is 0.833 bits per heavy atom. The van der Waals surface area contributed by atoms with Gasteiger partial charge in [0.1, 0.15) is 0 Å². The molecule has 0 fully saturated rings. The van der Waals surface area contributed by atoms with Crippen LogP contribution in [0, 0.1) is 0 Å². The summed E-state index contributed by atoms with van der Waals surface area (Å²) in [6, 6.07) is 13.2. The topological polar surface area (TPSA) is 58.6 Å². The molecule has 3 rings (SSSR count). The van der Waals surface area contributed by atoms with Gasteiger partial charge < -0.3 is 4.98 Å². The van der Waals surface area contributed by atoms with Crippen LogP contribution >= 0.6 is 0 Å². The van der Waals surface area contributed by atoms with Crippen LogP contribution in [-0.2, 0) is 6.42 Å². The molecule has 0 atom stereocenters. The van der Waals surface area contributed by atoms with Crippen LogP contribution in [0.25, 0.3) is 22.8 Å². The Morgan fingerprint density at radius 3 is 2.30 bits per heavy atom. The van der Waals surface area contributed by atoms with Crippen molar-refractivity contribution < 1.29 is 0 Å². The first-order valence-corrected chi connectivity index (χ1v) is 11.4. The van der Waals surface area contributed by atoms with Crippen molar-refractivity contribution >= 4 is 0 Å². The van der Waals surface area contributed by atoms with E-state index in [1.54, 1.807) is 18.5 Å². The van der Waals surface area contributed by atoms with Gasteiger partial charge >= 0.3 is 0 Å². The summed E-state index contributed by atoms with van der Waals surface area (Å²) in [5, 5.41) is 0. The van der Waals surface area contributed by atoms with Crippen molar-refractivity contribution in [2.24, 2.45) is 0 Å². The molecule has 158 valence electrons. The molecule has 0 aliphatic heterocycles. The lowest BCUT2D eigenvalue weighted by molar-refractivity contribution is 0.565. The summed E-state index contributed by atoms with van der Waals surface area (Å²) < 4.78 is 0. The second-order valence-electron chi connectivity index (χ2n) is 7.94. The molecule has 0 aliphatic carbocycles. The lowest BCUT2D eigenvalue weighted by atomic mass is 10.0. The molecule has 0 spiro atoms. The molecule has 4 nitrogen and oxygen atoms in total. The van der Waals surface area contributed by atoms with E-state index in [4.69, 9.17) is 4.98 Å². The van der Waals surface area contributed by atoms with Crippen LogP contribution < -0.4 is 5.43 Å². The van der Waals surface area contributed by atoms with E-state index in [1.165, 1.54) is 63.0 Å². The molecule has 4 heteroatoms. The zero-order valence-electron chi connectivity index (χ0n) is 18.1. The molecule has 3 aromatic heterocycles. The summed E-state index contributed by atoms with van der Waals surface area (Å²) in [6.45, 7) is 2.26. The van der Waals surface area contributed by atoms with Crippen molar-refractivity contribution in [2.75, 3.05) is 0 Å². The quantitative estimate of drug-likeness (QED) is 0.348. The Morgan fingerprint density at radius 2 is 1.60 bits per heavy atom. The van der Waals surface area contributed by atoms with E-state index in [9.17, 15) is 4.79 Å². The predicted molar refractivity (Wildman–Crippen MR) is 124 cm³/mol. The van der Waals surface area contributed by atoms with Gasteiger partial charge in [0.2, 0.25) is 0 Å². The molecule has 1 N–H and O–H groups in total. The molecule has 3 aromatic rings. The van der Waals surface area contributed by atoms with Gasteiger partial charge in [-0.3, -0.25) is 9.78 Å². The van der Waals surface area contributed by atoms with E-state index >= 15 is 0 Å². The van der Waals surface area contributed by atoms with Crippen molar-refractivity contribution in [1.82, 2.24) is 15.0 Å². The number of aryl methyl sites for hydroxylation is 1. The lowest BCUT2D eigenvalue weighted by Gasteiger charge is -2.11. The number of pyridine rings is 3. The Labute approximate surface area is 179 Å². The number of hydrogen-bond donors (Lipinski definition) is 1. The molecule has 0 aromatic carbocycles. The molecule has 30 heavy (non-hydrogen) atoms. The van der Waals surface area contributed by atoms with Crippen molar-refractivity contribution in [3.63, 3.8) is 0 Å². The van der Waals surface area contributed by atoms with Crippen LogP contribution in [0.1, 0.15) is 70.3 Å². The number of H-pyrrole nitrogens is 1. The molecule has 0 radical (unpaired) electrons. The highest BCUT2D eigenvalue weighted by Crippen LogP contribution is 2.25. The number of nitrogens with zero attached hydrogens (tertiary/aromatic N) is 2. The van der Waals surface area contributed by atoms with Crippen LogP contribution in [0.5, 0.6) is 0 Å². The van der Waals surface area contributed by atoms with Gasteiger partial charge in [0, 0.05) is 24.5 Å². The van der Waals surface area contributed by atoms with E-state index in [0.717, 1.165) is 35.6 Å². The van der Waals surface area contributed by atoms with E-state index in [1.807, 2.05) is 24.3 Å². The maximum Gasteiger partial charge on any atom is 0.182 e. The molecular formula is C26H33N3O. The molecule has 3 heterocycles. The zero-order chi connectivity index (χ0) is 21.0. The molecular weight excluding hydrogens is 370 g/mol. The molecule has 0 saturated carbocycles. The van der Waals surface area contributed by atoms with Gasteiger partial charge in [-0.1, -0.05) is 70.4 Å². The molecule has 0 bridgehead atoms. The van der Waals surface area contributed by atoms with Crippen molar-refractivity contribution in [3.05, 3.63) is 70.6 Å². The standard InChI is InChI=1S/C26H33N3O/c1-2-3-4-5-6-7-8-9-10-13-21-15-16-24(23-14-11-12-18-27-23)29-26(21)25-20-22(30)17-19-28-25/h11-12,14-20H,2-10,13H2,1H3,(H,28,30). The van der Waals surface area contributed by atoms with Crippen molar-refractivity contribution in [1.29, 1.82) is 0 Å². The molecule has 0 unspecified atom stereocenters. The maximum absolute atomic E-state index is 11.9. The fourth-order valence-corrected chi connectivity index (χ4v) is 3.79. The Balaban J connectivity index is 1.65. The SMILES string of the molecule is CCCCCCCCCCCc1ccc(-c2ccccn2)nc1-c1cc(=O)cc[nH]1. The van der Waals surface area contributed by atoms with Gasteiger partial charge in [0.15, 0.2) is 5.43 Å². The second-order valence-corrected chi connectivity index (χ2v) is 7.94. The highest BCUT2D eigenvalue weighted by atomic mass is 16.1. The second kappa shape index (κ2) is 12.1. The average molecular weight is 404 g/mol. The van der Waals surface area contributed by atoms with Crippen LogP contribution in [0.2, 0.25) is 0 Å². The smallest absolute Gasteiger partial charge is 0.182 e. The fraction of sp³-hybridized carbons (Fsp3) is 0.423. The Bertz CT molecular complexity index is 950. The summed E-state index contributed by atoms with van der Waals surface area (Å²) in [4.78, 5) is 24.4. The molecule has 0 saturated heterocycles. The Hall–Kier alpha value is -2.75. The van der Waals surface area contributed by atoms with Crippen LogP contribution in [-0.4, -0.2) is 15.0 Å². The van der Waals surface area contributed by atoms with E-state index in [-0.39, 0.29) is 5.43 Å². The number of unbranched alkanes of at least 4 members (excludes halogenated alkanes) is 8. The number of hydrogen-bond acceptors (Lipinski definition) is 3. The fourth-order valence-electron chi connectivity index (χ4n) is 3.79. The third-order valence-electron chi connectivity index (χ3n) is 5.48. The van der Waals surface area contributed by atoms with Gasteiger partial charge in [0.05, 0.1) is 22.8 Å². The largest absolute Gasteiger partial charge is 0.360 e. The van der Waals surface area contributed by atoms with E-state index < -0.39 is 0 Å². The first kappa shape index (κ1) is 21.9. The maximum atomic E-state index is 11.9.